The van der Waals surface area contributed by atoms with Gasteiger partial charge in [-0.05, 0) is 22.6 Å². The predicted molar refractivity (Wildman–Crippen MR) is 48.5 cm³/mol. The van der Waals surface area contributed by atoms with Gasteiger partial charge in [-0.15, -0.1) is 5.10 Å². The Bertz CT molecular complexity index is 380. The molecule has 13 heavy (non-hydrogen) atoms. The minimum atomic E-state index is 0.835. The van der Waals surface area contributed by atoms with E-state index < -0.39 is 0 Å². The lowest BCUT2D eigenvalue weighted by molar-refractivity contribution is 0.766. The van der Waals surface area contributed by atoms with Crippen molar-refractivity contribution in [2.24, 2.45) is 0 Å². The highest BCUT2D eigenvalue weighted by molar-refractivity contribution is 5.30. The van der Waals surface area contributed by atoms with E-state index >= 15 is 0 Å². The number of hydrogen-bond donors (Lipinski definition) is 0. The molecular formula is C9H10N4. The molecule has 66 valence electrons. The second kappa shape index (κ2) is 3.35. The fourth-order valence-electron chi connectivity index (χ4n) is 1.20. The molecule has 2 aromatic rings. The van der Waals surface area contributed by atoms with Gasteiger partial charge in [-0.2, -0.15) is 4.68 Å². The lowest BCUT2D eigenvalue weighted by Gasteiger charge is -2.00. The SMILES string of the molecule is CCc1nnnn1-c1ccccc1. The zero-order valence-corrected chi connectivity index (χ0v) is 7.38. The van der Waals surface area contributed by atoms with E-state index in [1.807, 2.05) is 37.3 Å². The molecule has 2 rings (SSSR count). The van der Waals surface area contributed by atoms with Crippen LogP contribution in [0.15, 0.2) is 30.3 Å². The number of hydrogen-bond acceptors (Lipinski definition) is 3. The van der Waals surface area contributed by atoms with Gasteiger partial charge in [-0.25, -0.2) is 0 Å². The van der Waals surface area contributed by atoms with Crippen molar-refractivity contribution in [1.29, 1.82) is 0 Å². The molecule has 0 amide bonds. The lowest BCUT2D eigenvalue weighted by atomic mass is 10.3. The summed E-state index contributed by atoms with van der Waals surface area (Å²) in [4.78, 5) is 0. The summed E-state index contributed by atoms with van der Waals surface area (Å²) in [5.41, 5.74) is 1.00. The maximum atomic E-state index is 3.91. The molecule has 0 atom stereocenters. The Kier molecular flexibility index (Phi) is 2.04. The summed E-state index contributed by atoms with van der Waals surface area (Å²) in [5.74, 6) is 0.881. The molecule has 1 aromatic carbocycles. The van der Waals surface area contributed by atoms with Crippen molar-refractivity contribution >= 4 is 0 Å². The second-order valence-electron chi connectivity index (χ2n) is 2.70. The minimum absolute atomic E-state index is 0.835. The van der Waals surface area contributed by atoms with Gasteiger partial charge >= 0.3 is 0 Å². The van der Waals surface area contributed by atoms with Gasteiger partial charge in [0, 0.05) is 6.42 Å². The molecule has 0 spiro atoms. The van der Waals surface area contributed by atoms with Crippen molar-refractivity contribution in [3.63, 3.8) is 0 Å². The topological polar surface area (TPSA) is 43.6 Å². The number of aryl methyl sites for hydroxylation is 1. The smallest absolute Gasteiger partial charge is 0.156 e. The quantitative estimate of drug-likeness (QED) is 0.687. The van der Waals surface area contributed by atoms with Crippen molar-refractivity contribution in [3.05, 3.63) is 36.2 Å². The highest BCUT2D eigenvalue weighted by Gasteiger charge is 2.03. The molecule has 0 unspecified atom stereocenters. The van der Waals surface area contributed by atoms with Crippen LogP contribution in [-0.4, -0.2) is 20.2 Å². The first-order chi connectivity index (χ1) is 6.42. The van der Waals surface area contributed by atoms with E-state index in [0.717, 1.165) is 17.9 Å². The Morgan fingerprint density at radius 1 is 1.23 bits per heavy atom. The Labute approximate surface area is 76.2 Å². The number of para-hydroxylation sites is 1. The van der Waals surface area contributed by atoms with Crippen molar-refractivity contribution < 1.29 is 0 Å². The highest BCUT2D eigenvalue weighted by atomic mass is 15.5. The maximum Gasteiger partial charge on any atom is 0.156 e. The highest BCUT2D eigenvalue weighted by Crippen LogP contribution is 2.06. The number of tetrazole rings is 1. The summed E-state index contributed by atoms with van der Waals surface area (Å²) in [5, 5.41) is 11.5. The van der Waals surface area contributed by atoms with Crippen LogP contribution in [-0.2, 0) is 6.42 Å². The monoisotopic (exact) mass is 174 g/mol. The number of nitrogens with zero attached hydrogens (tertiary/aromatic N) is 4. The Hall–Kier alpha value is -1.71. The number of rotatable bonds is 2. The molecule has 1 aromatic heterocycles. The third-order valence-electron chi connectivity index (χ3n) is 1.85. The molecule has 0 aliphatic carbocycles. The van der Waals surface area contributed by atoms with Crippen LogP contribution in [0, 0.1) is 0 Å². The van der Waals surface area contributed by atoms with E-state index in [4.69, 9.17) is 0 Å². The van der Waals surface area contributed by atoms with Gasteiger partial charge in [0.25, 0.3) is 0 Å². The van der Waals surface area contributed by atoms with E-state index in [0.29, 0.717) is 0 Å². The first kappa shape index (κ1) is 7.91. The van der Waals surface area contributed by atoms with Gasteiger partial charge in [0.15, 0.2) is 5.82 Å². The van der Waals surface area contributed by atoms with Gasteiger partial charge < -0.3 is 0 Å². The molecule has 1 heterocycles. The molecule has 0 radical (unpaired) electrons. The summed E-state index contributed by atoms with van der Waals surface area (Å²) in [7, 11) is 0. The van der Waals surface area contributed by atoms with Crippen LogP contribution in [0.1, 0.15) is 12.7 Å². The minimum Gasteiger partial charge on any atom is -0.197 e. The van der Waals surface area contributed by atoms with E-state index in [1.165, 1.54) is 0 Å². The van der Waals surface area contributed by atoms with E-state index in [9.17, 15) is 0 Å². The summed E-state index contributed by atoms with van der Waals surface area (Å²) >= 11 is 0. The maximum absolute atomic E-state index is 3.91. The normalized spacial score (nSPS) is 10.2. The van der Waals surface area contributed by atoms with E-state index in [1.54, 1.807) is 4.68 Å². The van der Waals surface area contributed by atoms with Crippen molar-refractivity contribution in [2.45, 2.75) is 13.3 Å². The van der Waals surface area contributed by atoms with Crippen LogP contribution in [0.3, 0.4) is 0 Å². The summed E-state index contributed by atoms with van der Waals surface area (Å²) in [6, 6.07) is 9.87. The fourth-order valence-corrected chi connectivity index (χ4v) is 1.20. The van der Waals surface area contributed by atoms with Crippen LogP contribution in [0.4, 0.5) is 0 Å². The average molecular weight is 174 g/mol. The molecule has 0 saturated heterocycles. The Balaban J connectivity index is 2.47. The summed E-state index contributed by atoms with van der Waals surface area (Å²) in [6.07, 6.45) is 0.835. The van der Waals surface area contributed by atoms with Crippen LogP contribution in [0.2, 0.25) is 0 Å². The summed E-state index contributed by atoms with van der Waals surface area (Å²) < 4.78 is 1.75. The first-order valence-electron chi connectivity index (χ1n) is 4.24. The van der Waals surface area contributed by atoms with Crippen LogP contribution >= 0.6 is 0 Å². The van der Waals surface area contributed by atoms with Crippen molar-refractivity contribution in [2.75, 3.05) is 0 Å². The van der Waals surface area contributed by atoms with Gasteiger partial charge in [0.1, 0.15) is 0 Å². The Morgan fingerprint density at radius 2 is 2.00 bits per heavy atom. The van der Waals surface area contributed by atoms with Crippen LogP contribution in [0.25, 0.3) is 5.69 Å². The Morgan fingerprint density at radius 3 is 2.69 bits per heavy atom. The number of benzene rings is 1. The first-order valence-corrected chi connectivity index (χ1v) is 4.24. The van der Waals surface area contributed by atoms with Gasteiger partial charge in [-0.3, -0.25) is 0 Å². The van der Waals surface area contributed by atoms with Crippen molar-refractivity contribution in [3.8, 4) is 5.69 Å². The van der Waals surface area contributed by atoms with Gasteiger partial charge in [-0.1, -0.05) is 25.1 Å². The third-order valence-corrected chi connectivity index (χ3v) is 1.85. The molecule has 4 heteroatoms. The van der Waals surface area contributed by atoms with Crippen LogP contribution < -0.4 is 0 Å². The van der Waals surface area contributed by atoms with E-state index in [2.05, 4.69) is 15.5 Å². The molecular weight excluding hydrogens is 164 g/mol. The fraction of sp³-hybridized carbons (Fsp3) is 0.222. The molecule has 0 saturated carbocycles. The largest absolute Gasteiger partial charge is 0.197 e. The zero-order chi connectivity index (χ0) is 9.10. The molecule has 0 fully saturated rings. The predicted octanol–water partition coefficient (Wildman–Crippen LogP) is 1.22. The van der Waals surface area contributed by atoms with Crippen LogP contribution in [0.5, 0.6) is 0 Å². The molecule has 0 aliphatic heterocycles. The average Bonchev–Trinajstić information content (AvgIpc) is 2.67. The summed E-state index contributed by atoms with van der Waals surface area (Å²) in [6.45, 7) is 2.03. The van der Waals surface area contributed by atoms with Gasteiger partial charge in [0.05, 0.1) is 5.69 Å². The second-order valence-corrected chi connectivity index (χ2v) is 2.70. The van der Waals surface area contributed by atoms with Crippen molar-refractivity contribution in [1.82, 2.24) is 20.2 Å². The standard InChI is InChI=1S/C9H10N4/c1-2-9-10-11-12-13(9)8-6-4-3-5-7-8/h3-7H,2H2,1H3. The molecule has 4 nitrogen and oxygen atoms in total. The molecule has 0 aliphatic rings. The zero-order valence-electron chi connectivity index (χ0n) is 7.38. The van der Waals surface area contributed by atoms with Gasteiger partial charge in [0.2, 0.25) is 0 Å². The third kappa shape index (κ3) is 1.42. The number of aromatic nitrogens is 4. The van der Waals surface area contributed by atoms with E-state index in [-0.39, 0.29) is 0 Å². The lowest BCUT2D eigenvalue weighted by Crippen LogP contribution is -2.01. The molecule has 0 bridgehead atoms. The molecule has 0 N–H and O–H groups in total.